The highest BCUT2D eigenvalue weighted by molar-refractivity contribution is 5.88. The number of hydrogen-bond acceptors (Lipinski definition) is 4. The molecule has 1 fully saturated rings. The number of benzene rings is 2. The van der Waals surface area contributed by atoms with Crippen molar-refractivity contribution in [2.45, 2.75) is 18.4 Å². The zero-order chi connectivity index (χ0) is 18.1. The molecule has 134 valence electrons. The van der Waals surface area contributed by atoms with E-state index in [1.807, 2.05) is 24.3 Å². The van der Waals surface area contributed by atoms with Gasteiger partial charge >= 0.3 is 5.97 Å². The third-order valence-corrected chi connectivity index (χ3v) is 4.79. The van der Waals surface area contributed by atoms with Crippen molar-refractivity contribution >= 4 is 11.9 Å². The number of amides is 1. The minimum absolute atomic E-state index is 0.0797. The number of aliphatic carboxylic acids is 1. The number of carboxylic acid groups (broad SMARTS) is 1. The first-order chi connectivity index (χ1) is 12.6. The maximum absolute atomic E-state index is 12.5. The maximum Gasteiger partial charge on any atom is 0.330 e. The fourth-order valence-electron chi connectivity index (χ4n) is 3.33. The molecule has 3 atom stereocenters. The maximum atomic E-state index is 12.5. The van der Waals surface area contributed by atoms with Crippen LogP contribution in [0, 0.1) is 5.92 Å². The van der Waals surface area contributed by atoms with Crippen LogP contribution in [0.3, 0.4) is 0 Å². The van der Waals surface area contributed by atoms with Gasteiger partial charge in [0, 0.05) is 5.92 Å². The van der Waals surface area contributed by atoms with Crippen LogP contribution in [0.4, 0.5) is 0 Å². The first-order valence-corrected chi connectivity index (χ1v) is 8.61. The van der Waals surface area contributed by atoms with Crippen LogP contribution in [-0.4, -0.2) is 30.2 Å². The second-order valence-corrected chi connectivity index (χ2v) is 6.54. The van der Waals surface area contributed by atoms with E-state index in [9.17, 15) is 14.7 Å². The monoisotopic (exact) mass is 353 g/mol. The standard InChI is InChI=1S/C20H19NO5/c22-19(21-18(20(23)24)12-4-2-1-3-5-12)15-11-14(15)13-6-7-16-17(10-13)26-9-8-25-16/h1-7,10,14-15,18H,8-9,11H2,(H,21,22)(H,23,24)/t14?,15?,18-/m1/s1. The van der Waals surface area contributed by atoms with Gasteiger partial charge in [-0.05, 0) is 35.6 Å². The van der Waals surface area contributed by atoms with Gasteiger partial charge in [-0.2, -0.15) is 0 Å². The molecule has 0 radical (unpaired) electrons. The van der Waals surface area contributed by atoms with Crippen molar-refractivity contribution in [3.8, 4) is 11.5 Å². The van der Waals surface area contributed by atoms with Crippen LogP contribution in [0.5, 0.6) is 11.5 Å². The third kappa shape index (κ3) is 3.22. The summed E-state index contributed by atoms with van der Waals surface area (Å²) in [4.78, 5) is 24.1. The van der Waals surface area contributed by atoms with E-state index in [4.69, 9.17) is 9.47 Å². The number of hydrogen-bond donors (Lipinski definition) is 2. The van der Waals surface area contributed by atoms with Crippen LogP contribution >= 0.6 is 0 Å². The summed E-state index contributed by atoms with van der Waals surface area (Å²) >= 11 is 0. The van der Waals surface area contributed by atoms with E-state index in [0.29, 0.717) is 30.9 Å². The molecule has 2 aliphatic rings. The SMILES string of the molecule is O=C(N[C@@H](C(=O)O)c1ccccc1)C1CC1c1ccc2c(c1)OCCO2. The highest BCUT2D eigenvalue weighted by atomic mass is 16.6. The van der Waals surface area contributed by atoms with Crippen molar-refractivity contribution in [1.29, 1.82) is 0 Å². The van der Waals surface area contributed by atoms with E-state index in [1.165, 1.54) is 0 Å². The second-order valence-electron chi connectivity index (χ2n) is 6.54. The van der Waals surface area contributed by atoms with Crippen LogP contribution in [-0.2, 0) is 9.59 Å². The van der Waals surface area contributed by atoms with Crippen LogP contribution in [0.15, 0.2) is 48.5 Å². The Balaban J connectivity index is 1.44. The summed E-state index contributed by atoms with van der Waals surface area (Å²) in [5.74, 6) is -0.0226. The fourth-order valence-corrected chi connectivity index (χ4v) is 3.33. The molecule has 0 bridgehead atoms. The first kappa shape index (κ1) is 16.4. The average Bonchev–Trinajstić information content (AvgIpc) is 3.47. The first-order valence-electron chi connectivity index (χ1n) is 8.61. The lowest BCUT2D eigenvalue weighted by Crippen LogP contribution is -2.35. The number of carboxylic acids is 1. The van der Waals surface area contributed by atoms with Gasteiger partial charge in [-0.15, -0.1) is 0 Å². The Morgan fingerprint density at radius 3 is 2.50 bits per heavy atom. The largest absolute Gasteiger partial charge is 0.486 e. The summed E-state index contributed by atoms with van der Waals surface area (Å²) in [6, 6.07) is 13.4. The number of nitrogens with one attached hydrogen (secondary N) is 1. The number of ether oxygens (including phenoxy) is 2. The molecule has 0 saturated heterocycles. The van der Waals surface area contributed by atoms with E-state index < -0.39 is 12.0 Å². The Bertz CT molecular complexity index is 835. The molecule has 6 nitrogen and oxygen atoms in total. The molecular formula is C20H19NO5. The van der Waals surface area contributed by atoms with Gasteiger partial charge in [0.1, 0.15) is 13.2 Å². The lowest BCUT2D eigenvalue weighted by molar-refractivity contribution is -0.142. The van der Waals surface area contributed by atoms with Crippen molar-refractivity contribution in [3.05, 3.63) is 59.7 Å². The number of carbonyl (C=O) groups is 2. The fraction of sp³-hybridized carbons (Fsp3) is 0.300. The van der Waals surface area contributed by atoms with Gasteiger partial charge in [-0.25, -0.2) is 4.79 Å². The number of rotatable bonds is 5. The second kappa shape index (κ2) is 6.71. The predicted octanol–water partition coefficient (Wildman–Crippen LogP) is 2.50. The van der Waals surface area contributed by atoms with Crippen LogP contribution in [0.2, 0.25) is 0 Å². The molecule has 6 heteroatoms. The Kier molecular flexibility index (Phi) is 4.24. The highest BCUT2D eigenvalue weighted by Gasteiger charge is 2.45. The van der Waals surface area contributed by atoms with E-state index in [2.05, 4.69) is 5.32 Å². The van der Waals surface area contributed by atoms with Crippen molar-refractivity contribution in [1.82, 2.24) is 5.32 Å². The summed E-state index contributed by atoms with van der Waals surface area (Å²) in [5.41, 5.74) is 1.57. The molecule has 26 heavy (non-hydrogen) atoms. The number of fused-ring (bicyclic) bond motifs is 1. The van der Waals surface area contributed by atoms with Crippen molar-refractivity contribution in [3.63, 3.8) is 0 Å². The van der Waals surface area contributed by atoms with Crippen LogP contribution in [0.25, 0.3) is 0 Å². The van der Waals surface area contributed by atoms with Gasteiger partial charge in [0.2, 0.25) is 5.91 Å². The molecular weight excluding hydrogens is 334 g/mol. The molecule has 2 N–H and O–H groups in total. The topological polar surface area (TPSA) is 84.9 Å². The predicted molar refractivity (Wildman–Crippen MR) is 93.2 cm³/mol. The van der Waals surface area contributed by atoms with Gasteiger partial charge in [0.05, 0.1) is 0 Å². The van der Waals surface area contributed by atoms with Crippen molar-refractivity contribution in [2.75, 3.05) is 13.2 Å². The van der Waals surface area contributed by atoms with Crippen molar-refractivity contribution < 1.29 is 24.2 Å². The Hall–Kier alpha value is -3.02. The summed E-state index contributed by atoms with van der Waals surface area (Å²) in [6.45, 7) is 1.05. The molecule has 4 rings (SSSR count). The summed E-state index contributed by atoms with van der Waals surface area (Å²) in [6.07, 6.45) is 0.701. The van der Waals surface area contributed by atoms with Crippen LogP contribution < -0.4 is 14.8 Å². The average molecular weight is 353 g/mol. The van der Waals surface area contributed by atoms with Gasteiger partial charge in [0.15, 0.2) is 17.5 Å². The van der Waals surface area contributed by atoms with Gasteiger partial charge in [0.25, 0.3) is 0 Å². The molecule has 1 amide bonds. The zero-order valence-corrected chi connectivity index (χ0v) is 14.1. The minimum Gasteiger partial charge on any atom is -0.486 e. The normalized spacial score (nSPS) is 21.5. The summed E-state index contributed by atoms with van der Waals surface area (Å²) < 4.78 is 11.1. The highest BCUT2D eigenvalue weighted by Crippen LogP contribution is 2.49. The molecule has 0 aromatic heterocycles. The molecule has 2 unspecified atom stereocenters. The minimum atomic E-state index is -1.07. The molecule has 2 aromatic carbocycles. The molecule has 1 aliphatic heterocycles. The lowest BCUT2D eigenvalue weighted by atomic mass is 10.1. The summed E-state index contributed by atoms with van der Waals surface area (Å²) in [5, 5.41) is 12.1. The zero-order valence-electron chi connectivity index (χ0n) is 14.1. The molecule has 0 spiro atoms. The van der Waals surface area contributed by atoms with E-state index in [-0.39, 0.29) is 17.7 Å². The van der Waals surface area contributed by atoms with Gasteiger partial charge < -0.3 is 19.9 Å². The Morgan fingerprint density at radius 2 is 1.77 bits per heavy atom. The Morgan fingerprint density at radius 1 is 1.04 bits per heavy atom. The smallest absolute Gasteiger partial charge is 0.330 e. The van der Waals surface area contributed by atoms with Gasteiger partial charge in [-0.1, -0.05) is 36.4 Å². The van der Waals surface area contributed by atoms with Gasteiger partial charge in [-0.3, -0.25) is 4.79 Å². The van der Waals surface area contributed by atoms with Crippen LogP contribution in [0.1, 0.15) is 29.5 Å². The molecule has 1 aliphatic carbocycles. The van der Waals surface area contributed by atoms with E-state index in [0.717, 1.165) is 11.3 Å². The lowest BCUT2D eigenvalue weighted by Gasteiger charge is -2.19. The van der Waals surface area contributed by atoms with E-state index in [1.54, 1.807) is 24.3 Å². The molecule has 1 saturated carbocycles. The quantitative estimate of drug-likeness (QED) is 0.863. The summed E-state index contributed by atoms with van der Waals surface area (Å²) in [7, 11) is 0. The molecule has 2 aromatic rings. The van der Waals surface area contributed by atoms with E-state index >= 15 is 0 Å². The third-order valence-electron chi connectivity index (χ3n) is 4.79. The Labute approximate surface area is 150 Å². The van der Waals surface area contributed by atoms with Crippen molar-refractivity contribution in [2.24, 2.45) is 5.92 Å². The molecule has 1 heterocycles. The number of carbonyl (C=O) groups excluding carboxylic acids is 1.